The first-order valence-corrected chi connectivity index (χ1v) is 4.57. The number of fused-ring (bicyclic) bond motifs is 1. The van der Waals surface area contributed by atoms with Gasteiger partial charge in [-0.25, -0.2) is 0 Å². The largest absolute Gasteiger partial charge is 0.325 e. The Morgan fingerprint density at radius 1 is 1.64 bits per heavy atom. The summed E-state index contributed by atoms with van der Waals surface area (Å²) in [5, 5.41) is 6.94. The fourth-order valence-electron chi connectivity index (χ4n) is 1.38. The number of hydrogen-bond acceptors (Lipinski definition) is 2. The monoisotopic (exact) mass is 167 g/mol. The number of nitrogens with one attached hydrogen (secondary N) is 1. The van der Waals surface area contributed by atoms with Crippen LogP contribution in [0.5, 0.6) is 0 Å². The van der Waals surface area contributed by atoms with Gasteiger partial charge in [-0.05, 0) is 16.9 Å². The minimum absolute atomic E-state index is 0.142. The van der Waals surface area contributed by atoms with Crippen molar-refractivity contribution in [2.24, 2.45) is 0 Å². The molecule has 1 aliphatic rings. The van der Waals surface area contributed by atoms with E-state index in [9.17, 15) is 4.79 Å². The molecule has 0 spiro atoms. The number of anilines is 1. The predicted octanol–water partition coefficient (Wildman–Crippen LogP) is 2.19. The van der Waals surface area contributed by atoms with Crippen molar-refractivity contribution in [3.63, 3.8) is 0 Å². The van der Waals surface area contributed by atoms with Gasteiger partial charge in [0.15, 0.2) is 0 Å². The van der Waals surface area contributed by atoms with E-state index in [4.69, 9.17) is 0 Å². The Bertz CT molecular complexity index is 292. The van der Waals surface area contributed by atoms with Gasteiger partial charge >= 0.3 is 0 Å². The quantitative estimate of drug-likeness (QED) is 0.630. The Kier molecular flexibility index (Phi) is 1.46. The molecule has 0 saturated heterocycles. The fourth-order valence-corrected chi connectivity index (χ4v) is 2.28. The molecule has 1 N–H and O–H groups in total. The molecule has 1 aliphatic heterocycles. The zero-order valence-corrected chi connectivity index (χ0v) is 7.07. The standard InChI is InChI=1S/C8H9NOS/c1-5-2-8(10)9-7-4-11-3-6(5)7/h3-5H,2H2,1H3,(H,9,10)/t5-/m1/s1. The second-order valence-electron chi connectivity index (χ2n) is 2.89. The summed E-state index contributed by atoms with van der Waals surface area (Å²) in [5.74, 6) is 0.536. The molecule has 0 radical (unpaired) electrons. The molecule has 2 rings (SSSR count). The van der Waals surface area contributed by atoms with Gasteiger partial charge in [0.25, 0.3) is 0 Å². The molecule has 58 valence electrons. The van der Waals surface area contributed by atoms with Gasteiger partial charge in [0.1, 0.15) is 0 Å². The number of rotatable bonds is 0. The summed E-state index contributed by atoms with van der Waals surface area (Å²) in [6, 6.07) is 0. The van der Waals surface area contributed by atoms with E-state index in [1.54, 1.807) is 11.3 Å². The third kappa shape index (κ3) is 1.05. The van der Waals surface area contributed by atoms with E-state index in [1.165, 1.54) is 5.56 Å². The lowest BCUT2D eigenvalue weighted by atomic mass is 9.96. The molecule has 1 amide bonds. The molecule has 0 saturated carbocycles. The summed E-state index contributed by atoms with van der Waals surface area (Å²) in [6.07, 6.45) is 0.629. The van der Waals surface area contributed by atoms with E-state index in [0.29, 0.717) is 12.3 Å². The second kappa shape index (κ2) is 2.34. The highest BCUT2D eigenvalue weighted by atomic mass is 32.1. The fraction of sp³-hybridized carbons (Fsp3) is 0.375. The maximum atomic E-state index is 11.0. The highest BCUT2D eigenvalue weighted by molar-refractivity contribution is 7.08. The highest BCUT2D eigenvalue weighted by Gasteiger charge is 2.21. The van der Waals surface area contributed by atoms with E-state index in [-0.39, 0.29) is 5.91 Å². The zero-order valence-electron chi connectivity index (χ0n) is 6.26. The molecule has 0 aromatic carbocycles. The molecule has 1 aromatic heterocycles. The van der Waals surface area contributed by atoms with Crippen LogP contribution in [0.25, 0.3) is 0 Å². The van der Waals surface area contributed by atoms with Crippen LogP contribution in [0.3, 0.4) is 0 Å². The van der Waals surface area contributed by atoms with Crippen molar-refractivity contribution in [2.45, 2.75) is 19.3 Å². The Balaban J connectivity index is 2.43. The average Bonchev–Trinajstić information content (AvgIpc) is 2.34. The van der Waals surface area contributed by atoms with E-state index in [2.05, 4.69) is 17.6 Å². The van der Waals surface area contributed by atoms with Gasteiger partial charge in [-0.15, -0.1) is 11.3 Å². The highest BCUT2D eigenvalue weighted by Crippen LogP contribution is 2.34. The topological polar surface area (TPSA) is 29.1 Å². The molecule has 0 bridgehead atoms. The van der Waals surface area contributed by atoms with Crippen LogP contribution in [0.4, 0.5) is 5.69 Å². The van der Waals surface area contributed by atoms with E-state index in [1.807, 2.05) is 5.38 Å². The first-order chi connectivity index (χ1) is 5.27. The summed E-state index contributed by atoms with van der Waals surface area (Å²) >= 11 is 1.65. The SMILES string of the molecule is C[C@@H]1CC(=O)Nc2cscc21. The molecule has 3 heteroatoms. The van der Waals surface area contributed by atoms with Gasteiger partial charge < -0.3 is 5.32 Å². The first-order valence-electron chi connectivity index (χ1n) is 3.63. The Labute approximate surface area is 69.2 Å². The normalized spacial score (nSPS) is 22.6. The Morgan fingerprint density at radius 2 is 2.45 bits per heavy atom. The number of carbonyl (C=O) groups is 1. The van der Waals surface area contributed by atoms with E-state index in [0.717, 1.165) is 5.69 Å². The molecule has 11 heavy (non-hydrogen) atoms. The molecule has 0 unspecified atom stereocenters. The molecular formula is C8H9NOS. The van der Waals surface area contributed by atoms with Crippen LogP contribution in [-0.4, -0.2) is 5.91 Å². The van der Waals surface area contributed by atoms with Gasteiger partial charge in [0.2, 0.25) is 5.91 Å². The number of carbonyl (C=O) groups excluding carboxylic acids is 1. The molecule has 0 fully saturated rings. The van der Waals surface area contributed by atoms with Crippen LogP contribution < -0.4 is 5.32 Å². The van der Waals surface area contributed by atoms with Gasteiger partial charge in [0.05, 0.1) is 5.69 Å². The molecule has 2 nitrogen and oxygen atoms in total. The summed E-state index contributed by atoms with van der Waals surface area (Å²) in [4.78, 5) is 11.0. The zero-order chi connectivity index (χ0) is 7.84. The van der Waals surface area contributed by atoms with Crippen molar-refractivity contribution < 1.29 is 4.79 Å². The summed E-state index contributed by atoms with van der Waals surface area (Å²) in [5.41, 5.74) is 2.30. The van der Waals surface area contributed by atoms with Crippen molar-refractivity contribution in [3.05, 3.63) is 16.3 Å². The molecule has 0 aliphatic carbocycles. The minimum Gasteiger partial charge on any atom is -0.325 e. The lowest BCUT2D eigenvalue weighted by Gasteiger charge is -2.18. The number of amides is 1. The van der Waals surface area contributed by atoms with Crippen molar-refractivity contribution in [1.29, 1.82) is 0 Å². The number of hydrogen-bond donors (Lipinski definition) is 1. The van der Waals surface area contributed by atoms with Crippen molar-refractivity contribution >= 4 is 22.9 Å². The summed E-state index contributed by atoms with van der Waals surface area (Å²) < 4.78 is 0. The summed E-state index contributed by atoms with van der Waals surface area (Å²) in [7, 11) is 0. The lowest BCUT2D eigenvalue weighted by molar-refractivity contribution is -0.116. The van der Waals surface area contributed by atoms with Gasteiger partial charge in [-0.2, -0.15) is 0 Å². The molecule has 1 aromatic rings. The van der Waals surface area contributed by atoms with Crippen LogP contribution in [-0.2, 0) is 4.79 Å². The third-order valence-electron chi connectivity index (χ3n) is 1.99. The van der Waals surface area contributed by atoms with Gasteiger partial charge in [0, 0.05) is 11.8 Å². The minimum atomic E-state index is 0.142. The average molecular weight is 167 g/mol. The molecular weight excluding hydrogens is 158 g/mol. The molecule has 2 heterocycles. The van der Waals surface area contributed by atoms with Crippen LogP contribution in [0.1, 0.15) is 24.8 Å². The smallest absolute Gasteiger partial charge is 0.225 e. The summed E-state index contributed by atoms with van der Waals surface area (Å²) in [6.45, 7) is 2.09. The van der Waals surface area contributed by atoms with Crippen LogP contribution in [0.2, 0.25) is 0 Å². The van der Waals surface area contributed by atoms with Crippen LogP contribution >= 0.6 is 11.3 Å². The predicted molar refractivity (Wildman–Crippen MR) is 46.0 cm³/mol. The van der Waals surface area contributed by atoms with Crippen LogP contribution in [0.15, 0.2) is 10.8 Å². The maximum Gasteiger partial charge on any atom is 0.225 e. The van der Waals surface area contributed by atoms with Gasteiger partial charge in [-0.3, -0.25) is 4.79 Å². The molecule has 1 atom stereocenters. The first kappa shape index (κ1) is 6.85. The number of thiophene rings is 1. The van der Waals surface area contributed by atoms with E-state index < -0.39 is 0 Å². The van der Waals surface area contributed by atoms with E-state index >= 15 is 0 Å². The van der Waals surface area contributed by atoms with Crippen LogP contribution in [0, 0.1) is 0 Å². The van der Waals surface area contributed by atoms with Crippen molar-refractivity contribution in [3.8, 4) is 0 Å². The Hall–Kier alpha value is -0.830. The van der Waals surface area contributed by atoms with Crippen molar-refractivity contribution in [1.82, 2.24) is 0 Å². The Morgan fingerprint density at radius 3 is 3.27 bits per heavy atom. The third-order valence-corrected chi connectivity index (χ3v) is 2.75. The maximum absolute atomic E-state index is 11.0. The second-order valence-corrected chi connectivity index (χ2v) is 3.64. The van der Waals surface area contributed by atoms with Crippen molar-refractivity contribution in [2.75, 3.05) is 5.32 Å². The lowest BCUT2D eigenvalue weighted by Crippen LogP contribution is -2.19. The van der Waals surface area contributed by atoms with Gasteiger partial charge in [-0.1, -0.05) is 6.92 Å².